The van der Waals surface area contributed by atoms with Crippen LogP contribution in [0.25, 0.3) is 0 Å². The third-order valence-electron chi connectivity index (χ3n) is 6.32. The van der Waals surface area contributed by atoms with E-state index in [-0.39, 0.29) is 24.0 Å². The van der Waals surface area contributed by atoms with Crippen molar-refractivity contribution in [3.05, 3.63) is 24.0 Å². The number of hydrogen-bond acceptors (Lipinski definition) is 3. The maximum Gasteiger partial charge on any atom is 0.271 e. The molecular formula is C19H27N3O3. The van der Waals surface area contributed by atoms with Gasteiger partial charge in [0.1, 0.15) is 11.2 Å². The van der Waals surface area contributed by atoms with E-state index in [1.165, 1.54) is 0 Å². The van der Waals surface area contributed by atoms with Gasteiger partial charge in [-0.3, -0.25) is 9.59 Å². The quantitative estimate of drug-likeness (QED) is 0.860. The molecule has 1 aliphatic carbocycles. The van der Waals surface area contributed by atoms with Crippen LogP contribution in [0, 0.1) is 0 Å². The fourth-order valence-electron chi connectivity index (χ4n) is 5.00. The molecule has 2 amide bonds. The Bertz CT molecular complexity index is 636. The van der Waals surface area contributed by atoms with E-state index in [4.69, 9.17) is 0 Å². The Hall–Kier alpha value is -1.82. The van der Waals surface area contributed by atoms with Gasteiger partial charge in [0.25, 0.3) is 5.91 Å². The zero-order valence-corrected chi connectivity index (χ0v) is 14.6. The molecule has 3 aliphatic rings. The van der Waals surface area contributed by atoms with Crippen LogP contribution in [0.15, 0.2) is 18.3 Å². The molecule has 0 aromatic carbocycles. The van der Waals surface area contributed by atoms with Gasteiger partial charge in [-0.2, -0.15) is 0 Å². The standard InChI is InChI=1S/C19H27N3O3/c23-15-7-5-14(6-8-15)21-12-2-9-19(18(21)25)10-3-13-22(19)17(24)16-4-1-11-20-16/h1,4,11,14-15,20,23H,2-3,5-10,12-13H2. The highest BCUT2D eigenvalue weighted by Crippen LogP contribution is 2.40. The number of H-pyrrole nitrogens is 1. The van der Waals surface area contributed by atoms with Crippen LogP contribution in [-0.4, -0.2) is 62.5 Å². The first kappa shape index (κ1) is 16.6. The minimum Gasteiger partial charge on any atom is -0.393 e. The molecule has 4 rings (SSSR count). The van der Waals surface area contributed by atoms with Crippen LogP contribution >= 0.6 is 0 Å². The molecule has 1 atom stereocenters. The van der Waals surface area contributed by atoms with Crippen molar-refractivity contribution in [1.82, 2.24) is 14.8 Å². The summed E-state index contributed by atoms with van der Waals surface area (Å²) in [4.78, 5) is 33.3. The summed E-state index contributed by atoms with van der Waals surface area (Å²) < 4.78 is 0. The second-order valence-electron chi connectivity index (χ2n) is 7.74. The monoisotopic (exact) mass is 345 g/mol. The van der Waals surface area contributed by atoms with Crippen LogP contribution in [-0.2, 0) is 4.79 Å². The molecule has 1 spiro atoms. The second kappa shape index (κ2) is 6.48. The Kier molecular flexibility index (Phi) is 4.31. The summed E-state index contributed by atoms with van der Waals surface area (Å²) in [7, 11) is 0. The molecular weight excluding hydrogens is 318 g/mol. The number of hydrogen-bond donors (Lipinski definition) is 2. The number of aliphatic hydroxyl groups excluding tert-OH is 1. The highest BCUT2D eigenvalue weighted by molar-refractivity contribution is 5.99. The van der Waals surface area contributed by atoms with Crippen LogP contribution in [0.1, 0.15) is 61.9 Å². The van der Waals surface area contributed by atoms with Gasteiger partial charge in [0, 0.05) is 25.3 Å². The lowest BCUT2D eigenvalue weighted by atomic mass is 9.82. The van der Waals surface area contributed by atoms with Crippen molar-refractivity contribution >= 4 is 11.8 Å². The van der Waals surface area contributed by atoms with Crippen molar-refractivity contribution in [2.75, 3.05) is 13.1 Å². The van der Waals surface area contributed by atoms with Crippen molar-refractivity contribution < 1.29 is 14.7 Å². The Morgan fingerprint density at radius 1 is 1.16 bits per heavy atom. The van der Waals surface area contributed by atoms with Gasteiger partial charge >= 0.3 is 0 Å². The van der Waals surface area contributed by atoms with E-state index < -0.39 is 5.54 Å². The number of piperidine rings is 1. The Balaban J connectivity index is 1.57. The van der Waals surface area contributed by atoms with Crippen LogP contribution < -0.4 is 0 Å². The van der Waals surface area contributed by atoms with Gasteiger partial charge in [0.05, 0.1) is 6.10 Å². The van der Waals surface area contributed by atoms with Crippen molar-refractivity contribution in [3.63, 3.8) is 0 Å². The maximum absolute atomic E-state index is 13.5. The van der Waals surface area contributed by atoms with Crippen molar-refractivity contribution in [1.29, 1.82) is 0 Å². The van der Waals surface area contributed by atoms with E-state index in [2.05, 4.69) is 4.98 Å². The summed E-state index contributed by atoms with van der Waals surface area (Å²) >= 11 is 0. The normalized spacial score (nSPS) is 33.2. The summed E-state index contributed by atoms with van der Waals surface area (Å²) in [6, 6.07) is 3.82. The van der Waals surface area contributed by atoms with Gasteiger partial charge in [0.2, 0.25) is 5.91 Å². The summed E-state index contributed by atoms with van der Waals surface area (Å²) in [5.41, 5.74) is -0.0942. The topological polar surface area (TPSA) is 76.6 Å². The van der Waals surface area contributed by atoms with Crippen LogP contribution in [0.5, 0.6) is 0 Å². The van der Waals surface area contributed by atoms with Gasteiger partial charge in [-0.15, -0.1) is 0 Å². The molecule has 2 N–H and O–H groups in total. The largest absolute Gasteiger partial charge is 0.393 e. The molecule has 0 radical (unpaired) electrons. The minimum atomic E-state index is -0.656. The zero-order chi connectivity index (χ0) is 17.4. The number of likely N-dealkylation sites (tertiary alicyclic amines) is 2. The third-order valence-corrected chi connectivity index (χ3v) is 6.32. The molecule has 3 fully saturated rings. The number of nitrogens with one attached hydrogen (secondary N) is 1. The first-order valence-electron chi connectivity index (χ1n) is 9.56. The van der Waals surface area contributed by atoms with Gasteiger partial charge in [-0.1, -0.05) is 0 Å². The van der Waals surface area contributed by atoms with E-state index in [1.54, 1.807) is 12.3 Å². The number of carbonyl (C=O) groups is 2. The Morgan fingerprint density at radius 2 is 1.88 bits per heavy atom. The molecule has 3 heterocycles. The lowest BCUT2D eigenvalue weighted by molar-refractivity contribution is -0.149. The average Bonchev–Trinajstić information content (AvgIpc) is 3.29. The molecule has 136 valence electrons. The smallest absolute Gasteiger partial charge is 0.271 e. The SMILES string of the molecule is O=C(c1ccc[nH]1)N1CCCC12CCCN(C1CCC(O)CC1)C2=O. The maximum atomic E-state index is 13.5. The fraction of sp³-hybridized carbons (Fsp3) is 0.684. The second-order valence-corrected chi connectivity index (χ2v) is 7.74. The third kappa shape index (κ3) is 2.76. The van der Waals surface area contributed by atoms with E-state index >= 15 is 0 Å². The Labute approximate surface area is 148 Å². The molecule has 6 nitrogen and oxygen atoms in total. The molecule has 1 aromatic heterocycles. The van der Waals surface area contributed by atoms with Crippen molar-refractivity contribution in [2.24, 2.45) is 0 Å². The van der Waals surface area contributed by atoms with Crippen LogP contribution in [0.4, 0.5) is 0 Å². The molecule has 6 heteroatoms. The number of nitrogens with zero attached hydrogens (tertiary/aromatic N) is 2. The molecule has 1 aromatic rings. The number of rotatable bonds is 2. The summed E-state index contributed by atoms with van der Waals surface area (Å²) in [6.45, 7) is 1.44. The number of aliphatic hydroxyl groups is 1. The lowest BCUT2D eigenvalue weighted by Gasteiger charge is -2.48. The van der Waals surface area contributed by atoms with E-state index in [1.807, 2.05) is 15.9 Å². The average molecular weight is 345 g/mol. The molecule has 25 heavy (non-hydrogen) atoms. The fourth-order valence-corrected chi connectivity index (χ4v) is 5.00. The predicted molar refractivity (Wildman–Crippen MR) is 93.0 cm³/mol. The van der Waals surface area contributed by atoms with E-state index in [0.717, 1.165) is 57.9 Å². The molecule has 2 aliphatic heterocycles. The summed E-state index contributed by atoms with van der Waals surface area (Å²) in [6.07, 6.45) is 8.17. The first-order chi connectivity index (χ1) is 12.1. The van der Waals surface area contributed by atoms with E-state index in [0.29, 0.717) is 12.2 Å². The van der Waals surface area contributed by atoms with Gasteiger partial charge in [-0.05, 0) is 63.5 Å². The van der Waals surface area contributed by atoms with Gasteiger partial charge in [-0.25, -0.2) is 0 Å². The highest BCUT2D eigenvalue weighted by Gasteiger charge is 2.54. The minimum absolute atomic E-state index is 0.0585. The molecule has 1 unspecified atom stereocenters. The molecule has 0 bridgehead atoms. The molecule has 1 saturated carbocycles. The van der Waals surface area contributed by atoms with Crippen LogP contribution in [0.3, 0.4) is 0 Å². The number of aromatic nitrogens is 1. The summed E-state index contributed by atoms with van der Waals surface area (Å²) in [5, 5.41) is 9.76. The zero-order valence-electron chi connectivity index (χ0n) is 14.6. The highest BCUT2D eigenvalue weighted by atomic mass is 16.3. The number of aromatic amines is 1. The predicted octanol–water partition coefficient (Wildman–Crippen LogP) is 1.92. The first-order valence-corrected chi connectivity index (χ1v) is 9.56. The van der Waals surface area contributed by atoms with Crippen molar-refractivity contribution in [2.45, 2.75) is 69.1 Å². The number of amides is 2. The Morgan fingerprint density at radius 3 is 2.56 bits per heavy atom. The lowest BCUT2D eigenvalue weighted by Crippen LogP contribution is -2.63. The summed E-state index contributed by atoms with van der Waals surface area (Å²) in [5.74, 6) is 0.0781. The molecule has 2 saturated heterocycles. The van der Waals surface area contributed by atoms with Crippen molar-refractivity contribution in [3.8, 4) is 0 Å². The van der Waals surface area contributed by atoms with Crippen LogP contribution in [0.2, 0.25) is 0 Å². The van der Waals surface area contributed by atoms with Gasteiger partial charge < -0.3 is 19.9 Å². The van der Waals surface area contributed by atoms with E-state index in [9.17, 15) is 14.7 Å². The van der Waals surface area contributed by atoms with Gasteiger partial charge in [0.15, 0.2) is 0 Å². The number of carbonyl (C=O) groups excluding carboxylic acids is 2.